The van der Waals surface area contributed by atoms with Crippen molar-refractivity contribution in [1.82, 2.24) is 5.32 Å². The van der Waals surface area contributed by atoms with Crippen molar-refractivity contribution in [3.63, 3.8) is 0 Å². The second kappa shape index (κ2) is 7.21. The number of ether oxygens (including phenoxy) is 1. The minimum Gasteiger partial charge on any atom is -0.383 e. The molecular weight excluding hydrogens is 247 g/mol. The number of hydrogen-bond acceptors (Lipinski definition) is 3. The summed E-state index contributed by atoms with van der Waals surface area (Å²) in [6.45, 7) is 1.16. The van der Waals surface area contributed by atoms with Gasteiger partial charge in [-0.3, -0.25) is 4.79 Å². The van der Waals surface area contributed by atoms with Crippen molar-refractivity contribution in [1.29, 1.82) is 0 Å². The lowest BCUT2D eigenvalue weighted by atomic mass is 10.3. The van der Waals surface area contributed by atoms with E-state index in [0.717, 1.165) is 0 Å². The fourth-order valence-electron chi connectivity index (χ4n) is 1.17. The van der Waals surface area contributed by atoms with Crippen LogP contribution in [0.15, 0.2) is 18.2 Å². The quantitative estimate of drug-likeness (QED) is 0.765. The molecule has 0 spiro atoms. The normalized spacial score (nSPS) is 10.3. The van der Waals surface area contributed by atoms with E-state index in [4.69, 9.17) is 16.3 Å². The maximum Gasteiger partial charge on any atom is 0.238 e. The molecule has 4 nitrogen and oxygen atoms in total. The molecule has 0 saturated carbocycles. The molecule has 1 aromatic rings. The maximum absolute atomic E-state index is 13.4. The topological polar surface area (TPSA) is 50.4 Å². The number of anilines is 1. The molecule has 2 N–H and O–H groups in total. The van der Waals surface area contributed by atoms with Gasteiger partial charge >= 0.3 is 0 Å². The van der Waals surface area contributed by atoms with Crippen molar-refractivity contribution in [2.75, 3.05) is 32.1 Å². The lowest BCUT2D eigenvalue weighted by molar-refractivity contribution is -0.115. The van der Waals surface area contributed by atoms with Gasteiger partial charge in [0.15, 0.2) is 5.82 Å². The second-order valence-electron chi connectivity index (χ2n) is 3.32. The summed E-state index contributed by atoms with van der Waals surface area (Å²) in [6.07, 6.45) is 0. The third kappa shape index (κ3) is 4.68. The van der Waals surface area contributed by atoms with Crippen molar-refractivity contribution < 1.29 is 13.9 Å². The molecule has 0 aliphatic heterocycles. The Hall–Kier alpha value is -1.17. The summed E-state index contributed by atoms with van der Waals surface area (Å²) < 4.78 is 18.2. The zero-order valence-corrected chi connectivity index (χ0v) is 10.2. The van der Waals surface area contributed by atoms with Gasteiger partial charge in [-0.15, -0.1) is 0 Å². The molecule has 1 aromatic carbocycles. The Labute approximate surface area is 104 Å². The van der Waals surface area contributed by atoms with E-state index >= 15 is 0 Å². The molecule has 1 amide bonds. The van der Waals surface area contributed by atoms with E-state index in [0.29, 0.717) is 13.2 Å². The Bertz CT molecular complexity index is 388. The van der Waals surface area contributed by atoms with Crippen LogP contribution in [-0.2, 0) is 9.53 Å². The molecule has 6 heteroatoms. The van der Waals surface area contributed by atoms with Crippen LogP contribution < -0.4 is 10.6 Å². The number of methoxy groups -OCH3 is 1. The van der Waals surface area contributed by atoms with E-state index in [1.165, 1.54) is 12.1 Å². The summed E-state index contributed by atoms with van der Waals surface area (Å²) in [6, 6.07) is 4.44. The van der Waals surface area contributed by atoms with Crippen LogP contribution in [0.3, 0.4) is 0 Å². The summed E-state index contributed by atoms with van der Waals surface area (Å²) in [5.41, 5.74) is 0.0797. The summed E-state index contributed by atoms with van der Waals surface area (Å²) in [4.78, 5) is 11.4. The summed E-state index contributed by atoms with van der Waals surface area (Å²) in [5.74, 6) is -0.957. The highest BCUT2D eigenvalue weighted by atomic mass is 35.5. The molecule has 1 rings (SSSR count). The molecule has 0 saturated heterocycles. The van der Waals surface area contributed by atoms with Gasteiger partial charge in [0.1, 0.15) is 0 Å². The molecule has 0 heterocycles. The molecule has 17 heavy (non-hydrogen) atoms. The molecule has 0 aromatic heterocycles. The van der Waals surface area contributed by atoms with Gasteiger partial charge in [-0.1, -0.05) is 17.7 Å². The Morgan fingerprint density at radius 1 is 1.53 bits per heavy atom. The van der Waals surface area contributed by atoms with Crippen molar-refractivity contribution in [3.05, 3.63) is 29.0 Å². The first-order valence-electron chi connectivity index (χ1n) is 5.08. The molecule has 94 valence electrons. The van der Waals surface area contributed by atoms with E-state index in [9.17, 15) is 9.18 Å². The van der Waals surface area contributed by atoms with Crippen molar-refractivity contribution in [3.8, 4) is 0 Å². The SMILES string of the molecule is COCCNCC(=O)Nc1cccc(Cl)c1F. The van der Waals surface area contributed by atoms with Gasteiger partial charge in [0.25, 0.3) is 0 Å². The smallest absolute Gasteiger partial charge is 0.238 e. The van der Waals surface area contributed by atoms with Crippen LogP contribution >= 0.6 is 11.6 Å². The van der Waals surface area contributed by atoms with E-state index in [2.05, 4.69) is 10.6 Å². The lowest BCUT2D eigenvalue weighted by Gasteiger charge is -2.07. The summed E-state index contributed by atoms with van der Waals surface area (Å²) in [7, 11) is 1.57. The van der Waals surface area contributed by atoms with Crippen molar-refractivity contribution in [2.24, 2.45) is 0 Å². The zero-order chi connectivity index (χ0) is 12.7. The van der Waals surface area contributed by atoms with Crippen LogP contribution in [0.5, 0.6) is 0 Å². The standard InChI is InChI=1S/C11H14ClFN2O2/c1-17-6-5-14-7-10(16)15-9-4-2-3-8(12)11(9)13/h2-4,14H,5-7H2,1H3,(H,15,16). The average Bonchev–Trinajstić information content (AvgIpc) is 2.31. The van der Waals surface area contributed by atoms with E-state index in [1.54, 1.807) is 13.2 Å². The van der Waals surface area contributed by atoms with Crippen LogP contribution in [-0.4, -0.2) is 32.7 Å². The monoisotopic (exact) mass is 260 g/mol. The highest BCUT2D eigenvalue weighted by Gasteiger charge is 2.08. The van der Waals surface area contributed by atoms with Crippen LogP contribution in [0.1, 0.15) is 0 Å². The maximum atomic E-state index is 13.4. The molecule has 0 aliphatic carbocycles. The Morgan fingerprint density at radius 2 is 2.29 bits per heavy atom. The Balaban J connectivity index is 2.43. The van der Waals surface area contributed by atoms with Gasteiger partial charge < -0.3 is 15.4 Å². The van der Waals surface area contributed by atoms with Gasteiger partial charge in [0, 0.05) is 13.7 Å². The van der Waals surface area contributed by atoms with Crippen LogP contribution in [0.25, 0.3) is 0 Å². The van der Waals surface area contributed by atoms with Crippen LogP contribution in [0.4, 0.5) is 10.1 Å². The molecule has 0 radical (unpaired) electrons. The van der Waals surface area contributed by atoms with E-state index < -0.39 is 5.82 Å². The van der Waals surface area contributed by atoms with Gasteiger partial charge in [0.05, 0.1) is 23.9 Å². The van der Waals surface area contributed by atoms with Gasteiger partial charge in [-0.25, -0.2) is 4.39 Å². The molecule has 0 bridgehead atoms. The second-order valence-corrected chi connectivity index (χ2v) is 3.73. The van der Waals surface area contributed by atoms with Gasteiger partial charge in [0.2, 0.25) is 5.91 Å². The highest BCUT2D eigenvalue weighted by Crippen LogP contribution is 2.21. The number of hydrogen-bond donors (Lipinski definition) is 2. The molecule has 0 fully saturated rings. The fraction of sp³-hybridized carbons (Fsp3) is 0.364. The summed E-state index contributed by atoms with van der Waals surface area (Å²) >= 11 is 5.58. The number of carbonyl (C=O) groups excluding carboxylic acids is 1. The highest BCUT2D eigenvalue weighted by molar-refractivity contribution is 6.31. The van der Waals surface area contributed by atoms with Gasteiger partial charge in [-0.2, -0.15) is 0 Å². The molecular formula is C11H14ClFN2O2. The number of rotatable bonds is 6. The lowest BCUT2D eigenvalue weighted by Crippen LogP contribution is -2.30. The Morgan fingerprint density at radius 3 is 3.00 bits per heavy atom. The largest absolute Gasteiger partial charge is 0.383 e. The molecule has 0 atom stereocenters. The number of carbonyl (C=O) groups is 1. The third-order valence-electron chi connectivity index (χ3n) is 1.99. The third-order valence-corrected chi connectivity index (χ3v) is 2.29. The van der Waals surface area contributed by atoms with E-state index in [1.807, 2.05) is 0 Å². The predicted octanol–water partition coefficient (Wildman–Crippen LogP) is 1.65. The number of benzene rings is 1. The fourth-order valence-corrected chi connectivity index (χ4v) is 1.35. The molecule has 0 aliphatic rings. The zero-order valence-electron chi connectivity index (χ0n) is 9.43. The summed E-state index contributed by atoms with van der Waals surface area (Å²) in [5, 5.41) is 5.26. The van der Waals surface area contributed by atoms with E-state index in [-0.39, 0.29) is 23.2 Å². The molecule has 0 unspecified atom stereocenters. The Kier molecular flexibility index (Phi) is 5.90. The minimum atomic E-state index is -0.626. The van der Waals surface area contributed by atoms with Crippen molar-refractivity contribution >= 4 is 23.2 Å². The average molecular weight is 261 g/mol. The first-order valence-corrected chi connectivity index (χ1v) is 5.46. The van der Waals surface area contributed by atoms with Crippen LogP contribution in [0, 0.1) is 5.82 Å². The first-order chi connectivity index (χ1) is 8.15. The van der Waals surface area contributed by atoms with Crippen LogP contribution in [0.2, 0.25) is 5.02 Å². The number of amides is 1. The van der Waals surface area contributed by atoms with Crippen molar-refractivity contribution in [2.45, 2.75) is 0 Å². The minimum absolute atomic E-state index is 0.0184. The number of halogens is 2. The number of nitrogens with one attached hydrogen (secondary N) is 2. The van der Waals surface area contributed by atoms with Gasteiger partial charge in [-0.05, 0) is 12.1 Å². The first kappa shape index (κ1) is 13.9. The predicted molar refractivity (Wildman–Crippen MR) is 64.8 cm³/mol.